The smallest absolute Gasteiger partial charge is 0.115 e. The fourth-order valence-electron chi connectivity index (χ4n) is 2.85. The average molecular weight is 316 g/mol. The molecule has 120 valence electrons. The van der Waals surface area contributed by atoms with Crippen molar-refractivity contribution in [3.8, 4) is 11.1 Å². The molecule has 0 aliphatic heterocycles. The van der Waals surface area contributed by atoms with E-state index in [0.29, 0.717) is 13.2 Å². The van der Waals surface area contributed by atoms with Crippen molar-refractivity contribution in [3.05, 3.63) is 83.9 Å². The minimum absolute atomic E-state index is 0.533. The Morgan fingerprint density at radius 3 is 1.96 bits per heavy atom. The van der Waals surface area contributed by atoms with Crippen LogP contribution in [0.2, 0.25) is 0 Å². The lowest BCUT2D eigenvalue weighted by Crippen LogP contribution is -1.95. The van der Waals surface area contributed by atoms with Gasteiger partial charge in [0.05, 0.1) is 13.2 Å². The maximum absolute atomic E-state index is 5.72. The largest absolute Gasteiger partial charge is 0.372 e. The van der Waals surface area contributed by atoms with Gasteiger partial charge in [0.25, 0.3) is 0 Å². The van der Waals surface area contributed by atoms with Gasteiger partial charge in [-0.2, -0.15) is 0 Å². The summed E-state index contributed by atoms with van der Waals surface area (Å²) in [5.41, 5.74) is 6.16. The maximum atomic E-state index is 5.72. The summed E-state index contributed by atoms with van der Waals surface area (Å²) >= 11 is 0. The van der Waals surface area contributed by atoms with Gasteiger partial charge in [-0.05, 0) is 41.0 Å². The van der Waals surface area contributed by atoms with Crippen LogP contribution >= 0.6 is 0 Å². The average Bonchev–Trinajstić information content (AvgIpc) is 3.49. The highest BCUT2D eigenvalue weighted by Gasteiger charge is 2.22. The molecule has 3 nitrogen and oxygen atoms in total. The van der Waals surface area contributed by atoms with Gasteiger partial charge in [-0.25, -0.2) is 9.97 Å². The van der Waals surface area contributed by atoms with E-state index in [1.165, 1.54) is 41.4 Å². The summed E-state index contributed by atoms with van der Waals surface area (Å²) in [7, 11) is 0. The summed E-state index contributed by atoms with van der Waals surface area (Å²) in [5, 5.41) is 0. The first-order chi connectivity index (χ1) is 11.9. The molecule has 1 fully saturated rings. The maximum Gasteiger partial charge on any atom is 0.115 e. The molecule has 0 saturated heterocycles. The van der Waals surface area contributed by atoms with Crippen LogP contribution in [-0.4, -0.2) is 9.97 Å². The summed E-state index contributed by atoms with van der Waals surface area (Å²) in [4.78, 5) is 7.97. The predicted octanol–water partition coefficient (Wildman–Crippen LogP) is 4.74. The van der Waals surface area contributed by atoms with Crippen molar-refractivity contribution in [1.82, 2.24) is 9.97 Å². The van der Waals surface area contributed by atoms with Crippen LogP contribution in [0.25, 0.3) is 11.1 Å². The Kier molecular flexibility index (Phi) is 4.34. The highest BCUT2D eigenvalue weighted by atomic mass is 16.5. The van der Waals surface area contributed by atoms with Gasteiger partial charge in [0, 0.05) is 18.0 Å². The number of benzene rings is 2. The number of rotatable bonds is 6. The van der Waals surface area contributed by atoms with E-state index in [1.807, 2.05) is 0 Å². The molecule has 0 N–H and O–H groups in total. The Labute approximate surface area is 142 Å². The van der Waals surface area contributed by atoms with E-state index in [0.717, 1.165) is 11.5 Å². The Morgan fingerprint density at radius 1 is 0.750 bits per heavy atom. The van der Waals surface area contributed by atoms with Gasteiger partial charge in [0.1, 0.15) is 6.33 Å². The van der Waals surface area contributed by atoms with Crippen LogP contribution in [0, 0.1) is 0 Å². The van der Waals surface area contributed by atoms with Crippen molar-refractivity contribution in [2.45, 2.75) is 32.0 Å². The fraction of sp³-hybridized carbons (Fsp3) is 0.238. The third-order valence-corrected chi connectivity index (χ3v) is 4.40. The van der Waals surface area contributed by atoms with Gasteiger partial charge < -0.3 is 4.74 Å². The molecule has 0 bridgehead atoms. The van der Waals surface area contributed by atoms with Crippen LogP contribution in [0.1, 0.15) is 35.4 Å². The summed E-state index contributed by atoms with van der Waals surface area (Å²) in [5.74, 6) is 0.814. The Balaban J connectivity index is 1.35. The van der Waals surface area contributed by atoms with Crippen LogP contribution in [-0.2, 0) is 18.0 Å². The first-order valence-corrected chi connectivity index (χ1v) is 8.39. The zero-order chi connectivity index (χ0) is 16.2. The number of hydrogen-bond acceptors (Lipinski definition) is 3. The second-order valence-corrected chi connectivity index (χ2v) is 6.33. The van der Waals surface area contributed by atoms with E-state index in [9.17, 15) is 0 Å². The molecule has 0 radical (unpaired) electrons. The van der Waals surface area contributed by atoms with E-state index in [2.05, 4.69) is 58.5 Å². The van der Waals surface area contributed by atoms with Crippen LogP contribution < -0.4 is 0 Å². The third kappa shape index (κ3) is 3.69. The van der Waals surface area contributed by atoms with Crippen molar-refractivity contribution in [2.24, 2.45) is 0 Å². The molecule has 24 heavy (non-hydrogen) atoms. The highest BCUT2D eigenvalue weighted by Crippen LogP contribution is 2.40. The molecule has 3 aromatic rings. The van der Waals surface area contributed by atoms with Gasteiger partial charge in [-0.1, -0.05) is 48.5 Å². The molecule has 2 aromatic carbocycles. The second kappa shape index (κ2) is 6.93. The molecule has 4 rings (SSSR count). The molecule has 1 aromatic heterocycles. The van der Waals surface area contributed by atoms with Crippen molar-refractivity contribution in [3.63, 3.8) is 0 Å². The molecular formula is C21H20N2O. The topological polar surface area (TPSA) is 35.0 Å². The molecule has 1 aliphatic rings. The van der Waals surface area contributed by atoms with Crippen molar-refractivity contribution in [2.75, 3.05) is 0 Å². The van der Waals surface area contributed by atoms with E-state index in [4.69, 9.17) is 4.74 Å². The first kappa shape index (κ1) is 15.0. The molecular weight excluding hydrogens is 296 g/mol. The predicted molar refractivity (Wildman–Crippen MR) is 94.4 cm³/mol. The fourth-order valence-corrected chi connectivity index (χ4v) is 2.85. The zero-order valence-corrected chi connectivity index (χ0v) is 13.6. The Bertz CT molecular complexity index is 778. The van der Waals surface area contributed by atoms with Crippen molar-refractivity contribution < 1.29 is 4.74 Å². The lowest BCUT2D eigenvalue weighted by molar-refractivity contribution is 0.107. The van der Waals surface area contributed by atoms with Crippen LogP contribution in [0.4, 0.5) is 0 Å². The molecule has 0 atom stereocenters. The number of nitrogens with zero attached hydrogens (tertiary/aromatic N) is 2. The van der Waals surface area contributed by atoms with Crippen LogP contribution in [0.5, 0.6) is 0 Å². The lowest BCUT2D eigenvalue weighted by Gasteiger charge is -2.07. The monoisotopic (exact) mass is 316 g/mol. The highest BCUT2D eigenvalue weighted by molar-refractivity contribution is 5.64. The quantitative estimate of drug-likeness (QED) is 0.659. The van der Waals surface area contributed by atoms with E-state index < -0.39 is 0 Å². The molecule has 0 unspecified atom stereocenters. The SMILES string of the molecule is c1ncc(COCc2ccc(-c3ccc(C4CC4)cc3)cc2)cn1. The van der Waals surface area contributed by atoms with Gasteiger partial charge >= 0.3 is 0 Å². The number of hydrogen-bond donors (Lipinski definition) is 0. The minimum atomic E-state index is 0.533. The summed E-state index contributed by atoms with van der Waals surface area (Å²) < 4.78 is 5.72. The number of aromatic nitrogens is 2. The van der Waals surface area contributed by atoms with Gasteiger partial charge in [0.2, 0.25) is 0 Å². The second-order valence-electron chi connectivity index (χ2n) is 6.33. The molecule has 0 amide bonds. The lowest BCUT2D eigenvalue weighted by atomic mass is 10.0. The molecule has 1 saturated carbocycles. The normalized spacial score (nSPS) is 13.8. The Hall–Kier alpha value is -2.52. The summed E-state index contributed by atoms with van der Waals surface area (Å²) in [6.45, 7) is 1.13. The number of ether oxygens (including phenoxy) is 1. The van der Waals surface area contributed by atoms with E-state index in [-0.39, 0.29) is 0 Å². The van der Waals surface area contributed by atoms with Gasteiger partial charge in [-0.15, -0.1) is 0 Å². The minimum Gasteiger partial charge on any atom is -0.372 e. The van der Waals surface area contributed by atoms with Crippen LogP contribution in [0.3, 0.4) is 0 Å². The van der Waals surface area contributed by atoms with Crippen molar-refractivity contribution in [1.29, 1.82) is 0 Å². The molecule has 1 heterocycles. The molecule has 3 heteroatoms. The summed E-state index contributed by atoms with van der Waals surface area (Å²) in [6, 6.07) is 17.6. The van der Waals surface area contributed by atoms with E-state index in [1.54, 1.807) is 12.4 Å². The molecule has 0 spiro atoms. The standard InChI is InChI=1S/C21H20N2O/c1-3-18(19-5-7-20(8-6-19)21-9-10-21)4-2-16(1)13-24-14-17-11-22-15-23-12-17/h1-8,11-12,15,21H,9-10,13-14H2. The molecule has 1 aliphatic carbocycles. The summed E-state index contributed by atoms with van der Waals surface area (Å²) in [6.07, 6.45) is 7.79. The van der Waals surface area contributed by atoms with E-state index >= 15 is 0 Å². The van der Waals surface area contributed by atoms with Crippen molar-refractivity contribution >= 4 is 0 Å². The Morgan fingerprint density at radius 2 is 1.33 bits per heavy atom. The zero-order valence-electron chi connectivity index (χ0n) is 13.6. The van der Waals surface area contributed by atoms with Gasteiger partial charge in [-0.3, -0.25) is 0 Å². The van der Waals surface area contributed by atoms with Crippen LogP contribution in [0.15, 0.2) is 67.3 Å². The third-order valence-electron chi connectivity index (χ3n) is 4.40. The van der Waals surface area contributed by atoms with Gasteiger partial charge in [0.15, 0.2) is 0 Å². The first-order valence-electron chi connectivity index (χ1n) is 8.39.